The second kappa shape index (κ2) is 6.54. The van der Waals surface area contributed by atoms with Crippen LogP contribution in [0, 0.1) is 5.41 Å². The van der Waals surface area contributed by atoms with E-state index in [1.54, 1.807) is 0 Å². The number of hydrogen-bond donors (Lipinski definition) is 3. The topological polar surface area (TPSA) is 78.4 Å². The van der Waals surface area contributed by atoms with Crippen molar-refractivity contribution in [2.45, 2.75) is 33.7 Å². The highest BCUT2D eigenvalue weighted by atomic mass is 35.5. The molecular formula is C14H18Cl2N2O3. The molecule has 0 heterocycles. The van der Waals surface area contributed by atoms with Crippen molar-refractivity contribution in [1.29, 1.82) is 0 Å². The number of carbonyl (C=O) groups excluding carboxylic acids is 1. The van der Waals surface area contributed by atoms with Crippen LogP contribution >= 0.6 is 23.2 Å². The maximum absolute atomic E-state index is 11.9. The second-order valence-electron chi connectivity index (χ2n) is 5.81. The molecule has 0 aromatic heterocycles. The van der Waals surface area contributed by atoms with Crippen molar-refractivity contribution >= 4 is 40.9 Å². The summed E-state index contributed by atoms with van der Waals surface area (Å²) >= 11 is 11.9. The summed E-state index contributed by atoms with van der Waals surface area (Å²) in [5.74, 6) is -1.14. The molecule has 0 fully saturated rings. The average molecular weight is 333 g/mol. The summed E-state index contributed by atoms with van der Waals surface area (Å²) in [4.78, 5) is 22.8. The van der Waals surface area contributed by atoms with Crippen LogP contribution < -0.4 is 10.6 Å². The Kier molecular flexibility index (Phi) is 5.48. The van der Waals surface area contributed by atoms with Crippen molar-refractivity contribution < 1.29 is 14.7 Å². The lowest BCUT2D eigenvalue weighted by molar-refractivity contribution is 0.0697. The summed E-state index contributed by atoms with van der Waals surface area (Å²) in [6.07, 6.45) is 0. The van der Waals surface area contributed by atoms with Crippen LogP contribution in [0.25, 0.3) is 0 Å². The van der Waals surface area contributed by atoms with E-state index in [0.717, 1.165) is 0 Å². The number of benzene rings is 1. The number of carboxylic acid groups (broad SMARTS) is 1. The van der Waals surface area contributed by atoms with Gasteiger partial charge in [0.05, 0.1) is 21.3 Å². The van der Waals surface area contributed by atoms with E-state index in [1.165, 1.54) is 12.1 Å². The van der Waals surface area contributed by atoms with E-state index in [0.29, 0.717) is 0 Å². The molecule has 1 rings (SSSR count). The molecule has 0 spiro atoms. The van der Waals surface area contributed by atoms with Crippen molar-refractivity contribution in [2.75, 3.05) is 5.32 Å². The molecular weight excluding hydrogens is 315 g/mol. The molecule has 3 N–H and O–H groups in total. The fourth-order valence-corrected chi connectivity index (χ4v) is 1.96. The van der Waals surface area contributed by atoms with Gasteiger partial charge in [-0.15, -0.1) is 0 Å². The SMILES string of the molecule is CC(NC(=O)Nc1c(Cl)cc(C(=O)O)cc1Cl)C(C)(C)C. The zero-order valence-electron chi connectivity index (χ0n) is 12.3. The summed E-state index contributed by atoms with van der Waals surface area (Å²) in [5.41, 5.74) is 0.0407. The first-order valence-corrected chi connectivity index (χ1v) is 7.08. The van der Waals surface area contributed by atoms with Gasteiger partial charge in [0.2, 0.25) is 0 Å². The van der Waals surface area contributed by atoms with Gasteiger partial charge in [-0.1, -0.05) is 44.0 Å². The molecule has 0 saturated heterocycles. The Balaban J connectivity index is 2.89. The van der Waals surface area contributed by atoms with E-state index in [9.17, 15) is 9.59 Å². The Morgan fingerprint density at radius 1 is 1.19 bits per heavy atom. The van der Waals surface area contributed by atoms with Crippen LogP contribution in [-0.4, -0.2) is 23.1 Å². The first-order chi connectivity index (χ1) is 9.52. The minimum absolute atomic E-state index is 0.0426. The molecule has 1 unspecified atom stereocenters. The number of hydrogen-bond acceptors (Lipinski definition) is 2. The Hall–Kier alpha value is -1.46. The zero-order valence-corrected chi connectivity index (χ0v) is 13.8. The molecule has 0 radical (unpaired) electrons. The summed E-state index contributed by atoms with van der Waals surface area (Å²) in [5, 5.41) is 14.4. The number of aromatic carboxylic acids is 1. The van der Waals surface area contributed by atoms with Crippen molar-refractivity contribution in [3.8, 4) is 0 Å². The molecule has 0 aliphatic carbocycles. The third-order valence-corrected chi connectivity index (χ3v) is 3.77. The highest BCUT2D eigenvalue weighted by Gasteiger charge is 2.22. The van der Waals surface area contributed by atoms with Crippen molar-refractivity contribution in [2.24, 2.45) is 5.41 Å². The van der Waals surface area contributed by atoms with E-state index >= 15 is 0 Å². The minimum Gasteiger partial charge on any atom is -0.478 e. The van der Waals surface area contributed by atoms with E-state index < -0.39 is 12.0 Å². The lowest BCUT2D eigenvalue weighted by Gasteiger charge is -2.28. The molecule has 116 valence electrons. The molecule has 1 atom stereocenters. The van der Waals surface area contributed by atoms with Crippen LogP contribution in [0.5, 0.6) is 0 Å². The lowest BCUT2D eigenvalue weighted by atomic mass is 9.88. The van der Waals surface area contributed by atoms with Crippen molar-refractivity contribution in [3.05, 3.63) is 27.7 Å². The molecule has 0 bridgehead atoms. The first-order valence-electron chi connectivity index (χ1n) is 6.32. The van der Waals surface area contributed by atoms with Crippen LogP contribution in [0.1, 0.15) is 38.1 Å². The van der Waals surface area contributed by atoms with Gasteiger partial charge < -0.3 is 15.7 Å². The van der Waals surface area contributed by atoms with Gasteiger partial charge in [0.1, 0.15) is 0 Å². The average Bonchev–Trinajstić information content (AvgIpc) is 2.32. The summed E-state index contributed by atoms with van der Waals surface area (Å²) in [6, 6.07) is 1.94. The highest BCUT2D eigenvalue weighted by Crippen LogP contribution is 2.32. The normalized spacial score (nSPS) is 12.7. The number of nitrogens with one attached hydrogen (secondary N) is 2. The Labute approximate surface area is 133 Å². The van der Waals surface area contributed by atoms with Crippen molar-refractivity contribution in [1.82, 2.24) is 5.32 Å². The minimum atomic E-state index is -1.14. The third kappa shape index (κ3) is 4.79. The van der Waals surface area contributed by atoms with Crippen LogP contribution in [0.15, 0.2) is 12.1 Å². The molecule has 7 heteroatoms. The molecule has 0 aliphatic rings. The summed E-state index contributed by atoms with van der Waals surface area (Å²) in [7, 11) is 0. The highest BCUT2D eigenvalue weighted by molar-refractivity contribution is 6.40. The quantitative estimate of drug-likeness (QED) is 0.774. The maximum Gasteiger partial charge on any atom is 0.335 e. The van der Waals surface area contributed by atoms with Gasteiger partial charge in [0.25, 0.3) is 0 Å². The van der Waals surface area contributed by atoms with Gasteiger partial charge in [0, 0.05) is 6.04 Å². The number of carboxylic acids is 1. The molecule has 1 aromatic carbocycles. The molecule has 5 nitrogen and oxygen atoms in total. The van der Waals surface area contributed by atoms with E-state index in [1.807, 2.05) is 27.7 Å². The van der Waals surface area contributed by atoms with Crippen LogP contribution in [-0.2, 0) is 0 Å². The van der Waals surface area contributed by atoms with Gasteiger partial charge in [-0.05, 0) is 24.5 Å². The molecule has 1 aromatic rings. The number of halogens is 2. The first kappa shape index (κ1) is 17.6. The van der Waals surface area contributed by atoms with Gasteiger partial charge in [-0.2, -0.15) is 0 Å². The standard InChI is InChI=1S/C14H18Cl2N2O3/c1-7(14(2,3)4)17-13(21)18-11-9(15)5-8(12(19)20)6-10(11)16/h5-7H,1-4H3,(H,19,20)(H2,17,18,21). The molecule has 21 heavy (non-hydrogen) atoms. The Morgan fingerprint density at radius 2 is 1.67 bits per heavy atom. The summed E-state index contributed by atoms with van der Waals surface area (Å²) in [6.45, 7) is 7.88. The maximum atomic E-state index is 11.9. The van der Waals surface area contributed by atoms with Gasteiger partial charge in [0.15, 0.2) is 0 Å². The van der Waals surface area contributed by atoms with E-state index in [2.05, 4.69) is 10.6 Å². The van der Waals surface area contributed by atoms with E-state index in [4.69, 9.17) is 28.3 Å². The Bertz CT molecular complexity index is 545. The largest absolute Gasteiger partial charge is 0.478 e. The molecule has 0 saturated carbocycles. The van der Waals surface area contributed by atoms with Crippen LogP contribution in [0.4, 0.5) is 10.5 Å². The predicted octanol–water partition coefficient (Wildman–Crippen LogP) is 4.25. The lowest BCUT2D eigenvalue weighted by Crippen LogP contribution is -2.43. The number of urea groups is 1. The monoisotopic (exact) mass is 332 g/mol. The third-order valence-electron chi connectivity index (χ3n) is 3.17. The smallest absolute Gasteiger partial charge is 0.335 e. The molecule has 0 aliphatic heterocycles. The van der Waals surface area contributed by atoms with E-state index in [-0.39, 0.29) is 32.8 Å². The fraction of sp³-hybridized carbons (Fsp3) is 0.429. The second-order valence-corrected chi connectivity index (χ2v) is 6.62. The van der Waals surface area contributed by atoms with Crippen LogP contribution in [0.3, 0.4) is 0 Å². The predicted molar refractivity (Wildman–Crippen MR) is 84.5 cm³/mol. The number of carbonyl (C=O) groups is 2. The summed E-state index contributed by atoms with van der Waals surface area (Å²) < 4.78 is 0. The number of anilines is 1. The zero-order chi connectivity index (χ0) is 16.4. The molecule has 2 amide bonds. The van der Waals surface area contributed by atoms with Gasteiger partial charge >= 0.3 is 12.0 Å². The number of rotatable bonds is 3. The fourth-order valence-electron chi connectivity index (χ4n) is 1.38. The van der Waals surface area contributed by atoms with Crippen molar-refractivity contribution in [3.63, 3.8) is 0 Å². The number of amides is 2. The van der Waals surface area contributed by atoms with Gasteiger partial charge in [-0.3, -0.25) is 0 Å². The Morgan fingerprint density at radius 3 is 2.05 bits per heavy atom. The van der Waals surface area contributed by atoms with Gasteiger partial charge in [-0.25, -0.2) is 9.59 Å². The van der Waals surface area contributed by atoms with Crippen LogP contribution in [0.2, 0.25) is 10.0 Å².